The molecule has 1 saturated carbocycles. The van der Waals surface area contributed by atoms with Gasteiger partial charge in [0.1, 0.15) is 0 Å². The van der Waals surface area contributed by atoms with Crippen molar-refractivity contribution in [2.45, 2.75) is 125 Å². The van der Waals surface area contributed by atoms with Crippen molar-refractivity contribution in [3.05, 3.63) is 70.4 Å². The maximum absolute atomic E-state index is 12.8. The summed E-state index contributed by atoms with van der Waals surface area (Å²) in [5, 5.41) is 0. The van der Waals surface area contributed by atoms with Gasteiger partial charge in [0.05, 0.1) is 5.57 Å². The molecule has 0 aromatic rings. The highest BCUT2D eigenvalue weighted by Gasteiger charge is 2.26. The summed E-state index contributed by atoms with van der Waals surface area (Å²) in [6.45, 7) is 11.1. The fourth-order valence-corrected chi connectivity index (χ4v) is 5.32. The van der Waals surface area contributed by atoms with Gasteiger partial charge in [-0.3, -0.25) is 9.59 Å². The van der Waals surface area contributed by atoms with Crippen LogP contribution in [0.25, 0.3) is 0 Å². The van der Waals surface area contributed by atoms with Crippen molar-refractivity contribution in [1.82, 2.24) is 0 Å². The Morgan fingerprint density at radius 3 is 1.78 bits per heavy atom. The number of carbonyl (C=O) groups excluding carboxylic acids is 2. The molecule has 0 heterocycles. The second-order valence-electron chi connectivity index (χ2n) is 11.6. The summed E-state index contributed by atoms with van der Waals surface area (Å²) in [6.07, 6.45) is 29.3. The van der Waals surface area contributed by atoms with E-state index < -0.39 is 0 Å². The number of hydrogen-bond acceptors (Lipinski definition) is 2. The molecule has 2 heteroatoms. The molecule has 0 amide bonds. The molecule has 0 unspecified atom stereocenters. The van der Waals surface area contributed by atoms with Crippen LogP contribution in [0.4, 0.5) is 0 Å². The molecule has 0 atom stereocenters. The SMILES string of the molecule is CC1=C(/C=C/C(C)=C/C=C/C(C)=C/C=C2C(=O)CCCCCCCCCCCC2=O)C(C)(C)CCC1. The molecule has 2 rings (SSSR count). The molecule has 2 aliphatic carbocycles. The minimum absolute atomic E-state index is 0.0150. The van der Waals surface area contributed by atoms with Crippen LogP contribution in [0.15, 0.2) is 70.4 Å². The average Bonchev–Trinajstić information content (AvgIpc) is 2.81. The van der Waals surface area contributed by atoms with Crippen LogP contribution in [0.1, 0.15) is 125 Å². The lowest BCUT2D eigenvalue weighted by atomic mass is 9.72. The van der Waals surface area contributed by atoms with Crippen molar-refractivity contribution < 1.29 is 9.59 Å². The zero-order valence-corrected chi connectivity index (χ0v) is 23.8. The van der Waals surface area contributed by atoms with Crippen LogP contribution < -0.4 is 0 Å². The monoisotopic (exact) mass is 490 g/mol. The molecule has 1 fully saturated rings. The maximum atomic E-state index is 12.8. The van der Waals surface area contributed by atoms with E-state index in [4.69, 9.17) is 0 Å². The molecule has 198 valence electrons. The lowest BCUT2D eigenvalue weighted by Gasteiger charge is -2.32. The summed E-state index contributed by atoms with van der Waals surface area (Å²) in [4.78, 5) is 25.6. The van der Waals surface area contributed by atoms with Gasteiger partial charge in [0, 0.05) is 12.8 Å². The Morgan fingerprint density at radius 1 is 0.694 bits per heavy atom. The normalized spacial score (nSPS) is 22.4. The molecule has 0 saturated heterocycles. The lowest BCUT2D eigenvalue weighted by molar-refractivity contribution is -0.121. The van der Waals surface area contributed by atoms with Gasteiger partial charge in [0.25, 0.3) is 0 Å². The number of ketones is 2. The third-order valence-corrected chi connectivity index (χ3v) is 7.69. The van der Waals surface area contributed by atoms with E-state index in [0.717, 1.165) is 31.3 Å². The summed E-state index contributed by atoms with van der Waals surface area (Å²) >= 11 is 0. The van der Waals surface area contributed by atoms with Crippen molar-refractivity contribution in [2.24, 2.45) is 5.41 Å². The van der Waals surface area contributed by atoms with Crippen LogP contribution in [-0.4, -0.2) is 11.6 Å². The van der Waals surface area contributed by atoms with Crippen LogP contribution >= 0.6 is 0 Å². The largest absolute Gasteiger partial charge is 0.294 e. The van der Waals surface area contributed by atoms with Gasteiger partial charge in [-0.05, 0) is 69.9 Å². The van der Waals surface area contributed by atoms with Crippen LogP contribution in [0.2, 0.25) is 0 Å². The Labute approximate surface area is 221 Å². The molecule has 0 aromatic carbocycles. The number of hydrogen-bond donors (Lipinski definition) is 0. The molecule has 2 nitrogen and oxygen atoms in total. The summed E-state index contributed by atoms with van der Waals surface area (Å²) in [6, 6.07) is 0. The quantitative estimate of drug-likeness (QED) is 0.218. The van der Waals surface area contributed by atoms with E-state index in [0.29, 0.717) is 18.4 Å². The van der Waals surface area contributed by atoms with E-state index in [-0.39, 0.29) is 17.0 Å². The van der Waals surface area contributed by atoms with Crippen LogP contribution in [0.3, 0.4) is 0 Å². The van der Waals surface area contributed by atoms with E-state index in [1.807, 2.05) is 25.2 Å². The fourth-order valence-electron chi connectivity index (χ4n) is 5.32. The van der Waals surface area contributed by atoms with E-state index in [1.54, 1.807) is 6.08 Å². The van der Waals surface area contributed by atoms with Crippen molar-refractivity contribution in [3.63, 3.8) is 0 Å². The lowest BCUT2D eigenvalue weighted by Crippen LogP contribution is -2.19. The topological polar surface area (TPSA) is 34.1 Å². The molecule has 2 aliphatic rings. The van der Waals surface area contributed by atoms with Crippen LogP contribution in [0, 0.1) is 5.41 Å². The number of carbonyl (C=O) groups is 2. The third kappa shape index (κ3) is 10.8. The van der Waals surface area contributed by atoms with Gasteiger partial charge in [0.2, 0.25) is 0 Å². The number of Topliss-reactive ketones (excluding diaryl/α,β-unsaturated/α-hetero) is 2. The molecule has 0 bridgehead atoms. The smallest absolute Gasteiger partial charge is 0.166 e. The Balaban J connectivity index is 2.05. The summed E-state index contributed by atoms with van der Waals surface area (Å²) < 4.78 is 0. The van der Waals surface area contributed by atoms with E-state index >= 15 is 0 Å². The molecule has 36 heavy (non-hydrogen) atoms. The predicted molar refractivity (Wildman–Crippen MR) is 155 cm³/mol. The van der Waals surface area contributed by atoms with Gasteiger partial charge in [-0.2, -0.15) is 0 Å². The summed E-state index contributed by atoms with van der Waals surface area (Å²) in [5.74, 6) is 0.0300. The predicted octanol–water partition coefficient (Wildman–Crippen LogP) is 9.89. The Hall–Kier alpha value is -2.22. The molecule has 0 spiro atoms. The second kappa shape index (κ2) is 15.8. The summed E-state index contributed by atoms with van der Waals surface area (Å²) in [5.41, 5.74) is 5.87. The van der Waals surface area contributed by atoms with Gasteiger partial charge in [-0.1, -0.05) is 112 Å². The third-order valence-electron chi connectivity index (χ3n) is 7.69. The van der Waals surface area contributed by atoms with Gasteiger partial charge in [-0.25, -0.2) is 0 Å². The first-order valence-electron chi connectivity index (χ1n) is 14.4. The zero-order chi connectivity index (χ0) is 26.4. The molecule has 0 radical (unpaired) electrons. The Morgan fingerprint density at radius 2 is 1.22 bits per heavy atom. The van der Waals surface area contributed by atoms with Gasteiger partial charge in [-0.15, -0.1) is 0 Å². The zero-order valence-electron chi connectivity index (χ0n) is 23.8. The minimum atomic E-state index is 0.0150. The molecule has 0 aliphatic heterocycles. The first kappa shape index (κ1) is 30.0. The maximum Gasteiger partial charge on any atom is 0.166 e. The van der Waals surface area contributed by atoms with Crippen molar-refractivity contribution in [2.75, 3.05) is 0 Å². The number of rotatable bonds is 5. The van der Waals surface area contributed by atoms with E-state index in [1.165, 1.54) is 68.1 Å². The van der Waals surface area contributed by atoms with E-state index in [2.05, 4.69) is 45.9 Å². The van der Waals surface area contributed by atoms with E-state index in [9.17, 15) is 9.59 Å². The molecule has 0 N–H and O–H groups in total. The van der Waals surface area contributed by atoms with Gasteiger partial charge in [0.15, 0.2) is 11.6 Å². The summed E-state index contributed by atoms with van der Waals surface area (Å²) in [7, 11) is 0. The van der Waals surface area contributed by atoms with Gasteiger partial charge < -0.3 is 0 Å². The first-order valence-corrected chi connectivity index (χ1v) is 14.4. The minimum Gasteiger partial charge on any atom is -0.294 e. The molecular formula is C34H50O2. The average molecular weight is 491 g/mol. The highest BCUT2D eigenvalue weighted by molar-refractivity contribution is 6.20. The highest BCUT2D eigenvalue weighted by Crippen LogP contribution is 2.40. The fraction of sp³-hybridized carbons (Fsp3) is 0.588. The Bertz CT molecular complexity index is 904. The van der Waals surface area contributed by atoms with Crippen molar-refractivity contribution in [3.8, 4) is 0 Å². The van der Waals surface area contributed by atoms with Crippen molar-refractivity contribution in [1.29, 1.82) is 0 Å². The first-order chi connectivity index (χ1) is 17.2. The van der Waals surface area contributed by atoms with Gasteiger partial charge >= 0.3 is 0 Å². The molecule has 0 aromatic heterocycles. The molecular weight excluding hydrogens is 440 g/mol. The van der Waals surface area contributed by atoms with Crippen molar-refractivity contribution >= 4 is 11.6 Å². The highest BCUT2D eigenvalue weighted by atomic mass is 16.1. The Kier molecular flexibility index (Phi) is 13.2. The van der Waals surface area contributed by atoms with Crippen LogP contribution in [0.5, 0.6) is 0 Å². The second-order valence-corrected chi connectivity index (χ2v) is 11.6. The number of allylic oxidation sites excluding steroid dienone is 12. The standard InChI is InChI=1S/C34H50O2/c1-27(17-15-18-28(2)23-25-31-29(3)19-16-26-34(31,4)5)22-24-30-32(35)20-13-11-9-7-6-8-10-12-14-21-33(30)36/h15,17-18,22-25H,6-14,16,19-21,26H2,1-5H3/b17-15+,25-23+,27-22+,28-18+. The van der Waals surface area contributed by atoms with Crippen LogP contribution in [-0.2, 0) is 9.59 Å².